The highest BCUT2D eigenvalue weighted by atomic mass is 32.2. The summed E-state index contributed by atoms with van der Waals surface area (Å²) >= 11 is 0. The molecule has 196 valence electrons. The first-order chi connectivity index (χ1) is 18.4. The first kappa shape index (κ1) is 24.5. The number of aromatic nitrogens is 3. The highest BCUT2D eigenvalue weighted by molar-refractivity contribution is 7.92. The summed E-state index contributed by atoms with van der Waals surface area (Å²) in [6.45, 7) is 4.06. The van der Waals surface area contributed by atoms with Gasteiger partial charge in [-0.25, -0.2) is 27.8 Å². The summed E-state index contributed by atoms with van der Waals surface area (Å²) in [7, 11) is -2.58. The zero-order chi connectivity index (χ0) is 26.3. The second-order valence-corrected chi connectivity index (χ2v) is 11.5. The third-order valence-electron chi connectivity index (χ3n) is 7.48. The van der Waals surface area contributed by atoms with Crippen molar-refractivity contribution >= 4 is 32.4 Å². The minimum atomic E-state index is -3.99. The van der Waals surface area contributed by atoms with Gasteiger partial charge in [0, 0.05) is 43.3 Å². The van der Waals surface area contributed by atoms with E-state index in [1.165, 1.54) is 19.2 Å². The number of pyridine rings is 1. The highest BCUT2D eigenvalue weighted by Crippen LogP contribution is 2.38. The minimum Gasteiger partial charge on any atom is -0.480 e. The lowest BCUT2D eigenvalue weighted by Crippen LogP contribution is -2.58. The van der Waals surface area contributed by atoms with Gasteiger partial charge in [0.25, 0.3) is 10.0 Å². The molecule has 6 rings (SSSR count). The molecule has 0 atom stereocenters. The third kappa shape index (κ3) is 4.52. The fourth-order valence-electron chi connectivity index (χ4n) is 5.16. The molecule has 0 radical (unpaired) electrons. The Balaban J connectivity index is 1.33. The Labute approximate surface area is 220 Å². The standard InChI is InChI=1S/C27H27FN6O3S/c1-37-26-24(33-38(35,36)21-5-3-20(28)4-6-21)13-19(14-30-26)18-2-7-23-22(12-18)25(32-17-31-23)34-10-8-27(9-11-34)15-29-16-27/h2-7,12-14,17,29,33H,8-11,15-16H2,1H3. The summed E-state index contributed by atoms with van der Waals surface area (Å²) in [5.74, 6) is 0.503. The number of hydrogen-bond acceptors (Lipinski definition) is 8. The lowest BCUT2D eigenvalue weighted by Gasteiger charge is -2.48. The maximum absolute atomic E-state index is 13.3. The van der Waals surface area contributed by atoms with Gasteiger partial charge < -0.3 is 15.0 Å². The van der Waals surface area contributed by atoms with Gasteiger partial charge in [0.15, 0.2) is 0 Å². The smallest absolute Gasteiger partial charge is 0.262 e. The molecule has 0 unspecified atom stereocenters. The van der Waals surface area contributed by atoms with Crippen molar-refractivity contribution in [2.45, 2.75) is 17.7 Å². The second kappa shape index (κ2) is 9.48. The van der Waals surface area contributed by atoms with E-state index in [4.69, 9.17) is 4.74 Å². The Morgan fingerprint density at radius 1 is 1.00 bits per heavy atom. The third-order valence-corrected chi connectivity index (χ3v) is 8.87. The van der Waals surface area contributed by atoms with Crippen LogP contribution in [0.5, 0.6) is 5.88 Å². The van der Waals surface area contributed by atoms with Crippen LogP contribution < -0.4 is 19.7 Å². The van der Waals surface area contributed by atoms with Crippen LogP contribution in [0.2, 0.25) is 0 Å². The van der Waals surface area contributed by atoms with E-state index in [0.717, 1.165) is 73.4 Å². The van der Waals surface area contributed by atoms with E-state index >= 15 is 0 Å². The van der Waals surface area contributed by atoms with Crippen LogP contribution in [-0.2, 0) is 10.0 Å². The molecule has 1 spiro atoms. The number of piperidine rings is 1. The van der Waals surface area contributed by atoms with E-state index in [1.54, 1.807) is 18.6 Å². The molecule has 2 N–H and O–H groups in total. The summed E-state index contributed by atoms with van der Waals surface area (Å²) in [6, 6.07) is 12.1. The molecular formula is C27H27FN6O3S. The molecular weight excluding hydrogens is 507 g/mol. The second-order valence-electron chi connectivity index (χ2n) is 9.86. The van der Waals surface area contributed by atoms with E-state index in [9.17, 15) is 12.8 Å². The molecule has 38 heavy (non-hydrogen) atoms. The number of methoxy groups -OCH3 is 1. The number of nitrogens with one attached hydrogen (secondary N) is 2. The largest absolute Gasteiger partial charge is 0.480 e. The van der Waals surface area contributed by atoms with Crippen molar-refractivity contribution in [3.63, 3.8) is 0 Å². The molecule has 0 amide bonds. The summed E-state index contributed by atoms with van der Waals surface area (Å²) in [4.78, 5) is 15.7. The van der Waals surface area contributed by atoms with Crippen LogP contribution in [0.25, 0.3) is 22.0 Å². The van der Waals surface area contributed by atoms with Crippen LogP contribution >= 0.6 is 0 Å². The van der Waals surface area contributed by atoms with E-state index in [2.05, 4.69) is 29.9 Å². The maximum atomic E-state index is 13.3. The van der Waals surface area contributed by atoms with Gasteiger partial charge in [-0.15, -0.1) is 0 Å². The van der Waals surface area contributed by atoms with E-state index in [-0.39, 0.29) is 16.5 Å². The van der Waals surface area contributed by atoms with Crippen molar-refractivity contribution in [3.8, 4) is 17.0 Å². The molecule has 4 aromatic rings. The molecule has 2 aromatic carbocycles. The van der Waals surface area contributed by atoms with E-state index in [0.29, 0.717) is 11.0 Å². The number of anilines is 2. The number of fused-ring (bicyclic) bond motifs is 1. The predicted molar refractivity (Wildman–Crippen MR) is 143 cm³/mol. The van der Waals surface area contributed by atoms with Gasteiger partial charge in [-0.1, -0.05) is 6.07 Å². The number of nitrogens with zero attached hydrogens (tertiary/aromatic N) is 4. The number of hydrogen-bond donors (Lipinski definition) is 2. The fraction of sp³-hybridized carbons (Fsp3) is 0.296. The predicted octanol–water partition coefficient (Wildman–Crippen LogP) is 3.83. The van der Waals surface area contributed by atoms with Crippen LogP contribution in [-0.4, -0.2) is 56.7 Å². The van der Waals surface area contributed by atoms with Crippen molar-refractivity contribution in [2.24, 2.45) is 5.41 Å². The summed E-state index contributed by atoms with van der Waals surface area (Å²) in [6.07, 6.45) is 5.49. The van der Waals surface area contributed by atoms with Crippen LogP contribution in [0.4, 0.5) is 15.9 Å². The monoisotopic (exact) mass is 534 g/mol. The average molecular weight is 535 g/mol. The number of halogens is 1. The first-order valence-electron chi connectivity index (χ1n) is 12.4. The Morgan fingerprint density at radius 3 is 2.45 bits per heavy atom. The van der Waals surface area contributed by atoms with Crippen molar-refractivity contribution < 1.29 is 17.5 Å². The van der Waals surface area contributed by atoms with Crippen molar-refractivity contribution in [3.05, 3.63) is 66.9 Å². The van der Waals surface area contributed by atoms with Gasteiger partial charge >= 0.3 is 0 Å². The average Bonchev–Trinajstić information content (AvgIpc) is 2.91. The summed E-state index contributed by atoms with van der Waals surface area (Å²) < 4.78 is 47.1. The van der Waals surface area contributed by atoms with E-state index in [1.807, 2.05) is 18.2 Å². The van der Waals surface area contributed by atoms with Gasteiger partial charge in [0.1, 0.15) is 23.6 Å². The fourth-order valence-corrected chi connectivity index (χ4v) is 6.21. The molecule has 0 bridgehead atoms. The van der Waals surface area contributed by atoms with Crippen LogP contribution in [0.3, 0.4) is 0 Å². The first-order valence-corrected chi connectivity index (χ1v) is 13.9. The topological polar surface area (TPSA) is 109 Å². The molecule has 2 aliphatic rings. The molecule has 11 heteroatoms. The quantitative estimate of drug-likeness (QED) is 0.384. The zero-order valence-corrected chi connectivity index (χ0v) is 21.6. The molecule has 9 nitrogen and oxygen atoms in total. The van der Waals surface area contributed by atoms with Gasteiger partial charge in [0.2, 0.25) is 5.88 Å². The SMILES string of the molecule is COc1ncc(-c2ccc3ncnc(N4CCC5(CC4)CNC5)c3c2)cc1NS(=O)(=O)c1ccc(F)cc1. The number of benzene rings is 2. The molecule has 2 aromatic heterocycles. The van der Waals surface area contributed by atoms with Crippen LogP contribution in [0.15, 0.2) is 66.0 Å². The van der Waals surface area contributed by atoms with Crippen LogP contribution in [0.1, 0.15) is 12.8 Å². The molecule has 2 aliphatic heterocycles. The number of rotatable bonds is 6. The Kier molecular flexibility index (Phi) is 6.11. The Bertz CT molecular complexity index is 1600. The van der Waals surface area contributed by atoms with Crippen molar-refractivity contribution in [2.75, 3.05) is 42.9 Å². The molecule has 2 saturated heterocycles. The lowest BCUT2D eigenvalue weighted by atomic mass is 9.73. The van der Waals surface area contributed by atoms with Crippen LogP contribution in [0, 0.1) is 11.2 Å². The summed E-state index contributed by atoms with van der Waals surface area (Å²) in [5, 5.41) is 4.33. The lowest BCUT2D eigenvalue weighted by molar-refractivity contribution is 0.126. The molecule has 0 saturated carbocycles. The molecule has 2 fully saturated rings. The Morgan fingerprint density at radius 2 is 1.76 bits per heavy atom. The number of sulfonamides is 1. The van der Waals surface area contributed by atoms with Gasteiger partial charge in [-0.3, -0.25) is 4.72 Å². The van der Waals surface area contributed by atoms with Gasteiger partial charge in [-0.2, -0.15) is 0 Å². The highest BCUT2D eigenvalue weighted by Gasteiger charge is 2.40. The van der Waals surface area contributed by atoms with Gasteiger partial charge in [-0.05, 0) is 66.3 Å². The normalized spacial score (nSPS) is 16.8. The van der Waals surface area contributed by atoms with Gasteiger partial charge in [0.05, 0.1) is 17.5 Å². The molecule has 4 heterocycles. The zero-order valence-electron chi connectivity index (χ0n) is 20.8. The van der Waals surface area contributed by atoms with Crippen molar-refractivity contribution in [1.29, 1.82) is 0 Å². The molecule has 0 aliphatic carbocycles. The van der Waals surface area contributed by atoms with E-state index < -0.39 is 15.8 Å². The minimum absolute atomic E-state index is 0.0696. The Hall–Kier alpha value is -3.83. The number of ether oxygens (including phenoxy) is 1. The maximum Gasteiger partial charge on any atom is 0.262 e. The summed E-state index contributed by atoms with van der Waals surface area (Å²) in [5.41, 5.74) is 2.97. The van der Waals surface area contributed by atoms with Crippen molar-refractivity contribution in [1.82, 2.24) is 20.3 Å².